The van der Waals surface area contributed by atoms with Gasteiger partial charge in [0.1, 0.15) is 5.75 Å². The molecule has 4 nitrogen and oxygen atoms in total. The van der Waals surface area contributed by atoms with E-state index in [1.54, 1.807) is 0 Å². The van der Waals surface area contributed by atoms with Crippen molar-refractivity contribution >= 4 is 33.2 Å². The summed E-state index contributed by atoms with van der Waals surface area (Å²) in [4.78, 5) is 14.5. The van der Waals surface area contributed by atoms with Gasteiger partial charge in [-0.15, -0.1) is 0 Å². The van der Waals surface area contributed by atoms with E-state index in [0.29, 0.717) is 19.4 Å². The number of hydrogen-bond acceptors (Lipinski definition) is 3. The second-order valence-corrected chi connectivity index (χ2v) is 8.97. The van der Waals surface area contributed by atoms with Crippen LogP contribution in [0.5, 0.6) is 5.75 Å². The van der Waals surface area contributed by atoms with Crippen LogP contribution in [0.25, 0.3) is 0 Å². The maximum absolute atomic E-state index is 12.2. The van der Waals surface area contributed by atoms with Crippen LogP contribution in [0.3, 0.4) is 0 Å². The van der Waals surface area contributed by atoms with Crippen molar-refractivity contribution in [1.82, 2.24) is 0 Å². The van der Waals surface area contributed by atoms with Gasteiger partial charge in [0.15, 0.2) is 0 Å². The molecule has 5 heteroatoms. The van der Waals surface area contributed by atoms with Gasteiger partial charge in [-0.3, -0.25) is 4.79 Å². The number of amides is 1. The Morgan fingerprint density at radius 2 is 1.72 bits per heavy atom. The minimum absolute atomic E-state index is 0.00587. The molecule has 0 fully saturated rings. The van der Waals surface area contributed by atoms with E-state index in [1.165, 1.54) is 11.3 Å². The quantitative estimate of drug-likeness (QED) is 0.440. The van der Waals surface area contributed by atoms with E-state index in [-0.39, 0.29) is 11.3 Å². The number of hydrogen-bond donors (Lipinski definition) is 1. The van der Waals surface area contributed by atoms with Crippen LogP contribution in [0.15, 0.2) is 46.9 Å². The van der Waals surface area contributed by atoms with Crippen LogP contribution < -0.4 is 15.0 Å². The van der Waals surface area contributed by atoms with Gasteiger partial charge in [-0.05, 0) is 83.6 Å². The highest BCUT2D eigenvalue weighted by atomic mass is 79.9. The molecule has 2 rings (SSSR count). The number of ether oxygens (including phenoxy) is 1. The van der Waals surface area contributed by atoms with Crippen molar-refractivity contribution in [3.05, 3.63) is 52.5 Å². The average molecular weight is 461 g/mol. The number of rotatable bonds is 9. The molecule has 1 amide bonds. The molecule has 2 aromatic carbocycles. The van der Waals surface area contributed by atoms with Gasteiger partial charge in [-0.1, -0.05) is 26.8 Å². The van der Waals surface area contributed by atoms with Crippen molar-refractivity contribution < 1.29 is 9.53 Å². The molecule has 29 heavy (non-hydrogen) atoms. The third kappa shape index (κ3) is 7.07. The third-order valence-electron chi connectivity index (χ3n) is 4.88. The molecule has 0 heterocycles. The zero-order valence-electron chi connectivity index (χ0n) is 18.2. The van der Waals surface area contributed by atoms with Gasteiger partial charge in [-0.2, -0.15) is 0 Å². The number of anilines is 2. The van der Waals surface area contributed by atoms with Crippen LogP contribution in [0.4, 0.5) is 11.4 Å². The minimum Gasteiger partial charge on any atom is -0.492 e. The standard InChI is InChI=1S/C24H33BrN2O2/c1-6-27(7-2)20-13-11-19(12-14-20)26-23(28)9-8-16-29-22-15-10-18(17-21(22)25)24(3,4)5/h10-15,17H,6-9,16H2,1-5H3,(H,26,28). The molecule has 0 aliphatic heterocycles. The summed E-state index contributed by atoms with van der Waals surface area (Å²) < 4.78 is 6.79. The number of nitrogens with one attached hydrogen (secondary N) is 1. The predicted octanol–water partition coefficient (Wildman–Crippen LogP) is 6.39. The summed E-state index contributed by atoms with van der Waals surface area (Å²) in [6.45, 7) is 13.3. The van der Waals surface area contributed by atoms with Crippen molar-refractivity contribution in [2.75, 3.05) is 29.9 Å². The van der Waals surface area contributed by atoms with Gasteiger partial charge < -0.3 is 15.0 Å². The van der Waals surface area contributed by atoms with Crippen molar-refractivity contribution in [3.8, 4) is 5.75 Å². The highest BCUT2D eigenvalue weighted by molar-refractivity contribution is 9.10. The molecule has 0 saturated carbocycles. The summed E-state index contributed by atoms with van der Waals surface area (Å²) in [6.07, 6.45) is 1.09. The lowest BCUT2D eigenvalue weighted by Crippen LogP contribution is -2.21. The first kappa shape index (κ1) is 23.3. The van der Waals surface area contributed by atoms with Gasteiger partial charge in [0, 0.05) is 30.9 Å². The molecular formula is C24H33BrN2O2. The zero-order chi connectivity index (χ0) is 21.4. The summed E-state index contributed by atoms with van der Waals surface area (Å²) in [7, 11) is 0. The van der Waals surface area contributed by atoms with E-state index in [2.05, 4.69) is 72.9 Å². The highest BCUT2D eigenvalue weighted by Gasteiger charge is 2.15. The fraction of sp³-hybridized carbons (Fsp3) is 0.458. The van der Waals surface area contributed by atoms with Gasteiger partial charge in [0.05, 0.1) is 11.1 Å². The molecule has 2 aromatic rings. The van der Waals surface area contributed by atoms with Crippen molar-refractivity contribution in [2.45, 2.75) is 52.9 Å². The molecule has 0 atom stereocenters. The SMILES string of the molecule is CCN(CC)c1ccc(NC(=O)CCCOc2ccc(C(C)(C)C)cc2Br)cc1. The fourth-order valence-electron chi connectivity index (χ4n) is 3.07. The molecule has 0 bridgehead atoms. The lowest BCUT2D eigenvalue weighted by molar-refractivity contribution is -0.116. The first-order chi connectivity index (χ1) is 13.7. The molecular weight excluding hydrogens is 428 g/mol. The minimum atomic E-state index is 0.00587. The first-order valence-corrected chi connectivity index (χ1v) is 11.1. The number of nitrogens with zero attached hydrogens (tertiary/aromatic N) is 1. The number of halogens is 1. The lowest BCUT2D eigenvalue weighted by Gasteiger charge is -2.21. The van der Waals surface area contributed by atoms with E-state index in [1.807, 2.05) is 30.3 Å². The Morgan fingerprint density at radius 3 is 2.28 bits per heavy atom. The van der Waals surface area contributed by atoms with E-state index < -0.39 is 0 Å². The lowest BCUT2D eigenvalue weighted by atomic mass is 9.87. The summed E-state index contributed by atoms with van der Waals surface area (Å²) in [5.74, 6) is 0.816. The van der Waals surface area contributed by atoms with Crippen LogP contribution in [0.1, 0.15) is 53.0 Å². The Bertz CT molecular complexity index is 794. The third-order valence-corrected chi connectivity index (χ3v) is 5.50. The van der Waals surface area contributed by atoms with Crippen LogP contribution in [0, 0.1) is 0 Å². The maximum Gasteiger partial charge on any atom is 0.224 e. The Labute approximate surface area is 183 Å². The van der Waals surface area contributed by atoms with Crippen LogP contribution in [0.2, 0.25) is 0 Å². The van der Waals surface area contributed by atoms with Crippen LogP contribution >= 0.6 is 15.9 Å². The molecule has 0 unspecified atom stereocenters. The molecule has 0 aromatic heterocycles. The summed E-state index contributed by atoms with van der Waals surface area (Å²) in [6, 6.07) is 14.2. The Morgan fingerprint density at radius 1 is 1.07 bits per heavy atom. The molecule has 0 aliphatic carbocycles. The van der Waals surface area contributed by atoms with Gasteiger partial charge >= 0.3 is 0 Å². The van der Waals surface area contributed by atoms with Gasteiger partial charge in [0.25, 0.3) is 0 Å². The van der Waals surface area contributed by atoms with Crippen LogP contribution in [-0.4, -0.2) is 25.6 Å². The predicted molar refractivity (Wildman–Crippen MR) is 126 cm³/mol. The number of benzene rings is 2. The topological polar surface area (TPSA) is 41.6 Å². The number of carbonyl (C=O) groups excluding carboxylic acids is 1. The highest BCUT2D eigenvalue weighted by Crippen LogP contribution is 2.31. The Kier molecular flexibility index (Phi) is 8.57. The van der Waals surface area contributed by atoms with Crippen molar-refractivity contribution in [3.63, 3.8) is 0 Å². The Hall–Kier alpha value is -2.01. The van der Waals surface area contributed by atoms with Crippen molar-refractivity contribution in [2.24, 2.45) is 0 Å². The van der Waals surface area contributed by atoms with E-state index in [4.69, 9.17) is 4.74 Å². The van der Waals surface area contributed by atoms with Gasteiger partial charge in [0.2, 0.25) is 5.91 Å². The zero-order valence-corrected chi connectivity index (χ0v) is 19.8. The molecule has 0 aliphatic rings. The van der Waals surface area contributed by atoms with E-state index >= 15 is 0 Å². The normalized spacial score (nSPS) is 11.2. The second kappa shape index (κ2) is 10.7. The summed E-state index contributed by atoms with van der Waals surface area (Å²) in [5.41, 5.74) is 3.35. The molecule has 0 spiro atoms. The second-order valence-electron chi connectivity index (χ2n) is 8.11. The average Bonchev–Trinajstić information content (AvgIpc) is 2.67. The monoisotopic (exact) mass is 460 g/mol. The van der Waals surface area contributed by atoms with Crippen LogP contribution in [-0.2, 0) is 10.2 Å². The summed E-state index contributed by atoms with van der Waals surface area (Å²) in [5, 5.41) is 2.96. The van der Waals surface area contributed by atoms with E-state index in [9.17, 15) is 4.79 Å². The fourth-order valence-corrected chi connectivity index (χ4v) is 3.56. The largest absolute Gasteiger partial charge is 0.492 e. The summed E-state index contributed by atoms with van der Waals surface area (Å²) >= 11 is 3.58. The molecule has 1 N–H and O–H groups in total. The molecule has 0 saturated heterocycles. The van der Waals surface area contributed by atoms with Gasteiger partial charge in [-0.25, -0.2) is 0 Å². The van der Waals surface area contributed by atoms with E-state index in [0.717, 1.165) is 29.0 Å². The first-order valence-electron chi connectivity index (χ1n) is 10.3. The Balaban J connectivity index is 1.77. The maximum atomic E-state index is 12.2. The van der Waals surface area contributed by atoms with Crippen molar-refractivity contribution in [1.29, 1.82) is 0 Å². The number of carbonyl (C=O) groups is 1. The molecule has 0 radical (unpaired) electrons. The smallest absolute Gasteiger partial charge is 0.224 e. The molecule has 158 valence electrons.